The smallest absolute Gasteiger partial charge is 0.0872 e. The van der Waals surface area contributed by atoms with Gasteiger partial charge in [-0.1, -0.05) is 0 Å². The highest BCUT2D eigenvalue weighted by atomic mass is 16.5. The minimum Gasteiger partial charge on any atom is -0.388 e. The Morgan fingerprint density at radius 3 is 2.67 bits per heavy atom. The fraction of sp³-hybridized carbons (Fsp3) is 1.00. The van der Waals surface area contributed by atoms with Crippen LogP contribution in [0.2, 0.25) is 0 Å². The molecule has 1 heterocycles. The van der Waals surface area contributed by atoms with Gasteiger partial charge in [0.05, 0.1) is 5.60 Å². The van der Waals surface area contributed by atoms with Crippen LogP contribution >= 0.6 is 0 Å². The van der Waals surface area contributed by atoms with Crippen molar-refractivity contribution in [2.24, 2.45) is 0 Å². The summed E-state index contributed by atoms with van der Waals surface area (Å²) in [5, 5.41) is 9.41. The first kappa shape index (κ1) is 9.96. The molecule has 0 aromatic rings. The molecule has 3 nitrogen and oxygen atoms in total. The first-order chi connectivity index (χ1) is 5.64. The first-order valence-electron chi connectivity index (χ1n) is 4.66. The third-order valence-electron chi connectivity index (χ3n) is 2.10. The fourth-order valence-corrected chi connectivity index (χ4v) is 1.61. The maximum absolute atomic E-state index is 9.41. The van der Waals surface area contributed by atoms with Gasteiger partial charge in [0.2, 0.25) is 0 Å². The topological polar surface area (TPSA) is 32.7 Å². The molecule has 0 amide bonds. The minimum absolute atomic E-state index is 0.425. The van der Waals surface area contributed by atoms with Crippen molar-refractivity contribution >= 4 is 0 Å². The van der Waals surface area contributed by atoms with Crippen LogP contribution in [0.15, 0.2) is 0 Å². The predicted octanol–water partition coefficient (Wildman–Crippen LogP) is 0.480. The molecular weight excluding hydrogens is 154 g/mol. The van der Waals surface area contributed by atoms with Crippen LogP contribution in [0.25, 0.3) is 0 Å². The van der Waals surface area contributed by atoms with Crippen LogP contribution < -0.4 is 0 Å². The number of likely N-dealkylation sites (tertiary alicyclic amines) is 1. The Kier molecular flexibility index (Phi) is 3.50. The van der Waals surface area contributed by atoms with Crippen molar-refractivity contribution in [3.8, 4) is 0 Å². The highest BCUT2D eigenvalue weighted by Crippen LogP contribution is 2.19. The minimum atomic E-state index is -0.425. The van der Waals surface area contributed by atoms with Crippen LogP contribution in [-0.2, 0) is 4.74 Å². The standard InChI is InChI=1S/C9H19NO2/c1-3-12-6-4-5-10-7-9(2,11)8-10/h11H,3-8H2,1-2H3. The number of β-amino-alcohol motifs (C(OH)–C–C–N with tert-alkyl or cyclic N) is 1. The molecule has 0 aromatic carbocycles. The van der Waals surface area contributed by atoms with Crippen molar-refractivity contribution < 1.29 is 9.84 Å². The quantitative estimate of drug-likeness (QED) is 0.614. The number of aliphatic hydroxyl groups is 1. The summed E-state index contributed by atoms with van der Waals surface area (Å²) in [5.74, 6) is 0. The van der Waals surface area contributed by atoms with Crippen LogP contribution in [0.4, 0.5) is 0 Å². The fourth-order valence-electron chi connectivity index (χ4n) is 1.61. The van der Waals surface area contributed by atoms with Gasteiger partial charge in [-0.05, 0) is 20.3 Å². The highest BCUT2D eigenvalue weighted by molar-refractivity contribution is 4.90. The van der Waals surface area contributed by atoms with E-state index < -0.39 is 5.60 Å². The third-order valence-corrected chi connectivity index (χ3v) is 2.10. The van der Waals surface area contributed by atoms with Gasteiger partial charge in [-0.2, -0.15) is 0 Å². The van der Waals surface area contributed by atoms with E-state index in [-0.39, 0.29) is 0 Å². The summed E-state index contributed by atoms with van der Waals surface area (Å²) in [7, 11) is 0. The Labute approximate surface area is 74.3 Å². The Bertz CT molecular complexity index is 128. The lowest BCUT2D eigenvalue weighted by Gasteiger charge is -2.44. The third kappa shape index (κ3) is 3.09. The Hall–Kier alpha value is -0.120. The second-order valence-electron chi connectivity index (χ2n) is 3.76. The molecule has 0 atom stereocenters. The molecular formula is C9H19NO2. The summed E-state index contributed by atoms with van der Waals surface area (Å²) in [6, 6.07) is 0. The van der Waals surface area contributed by atoms with E-state index in [9.17, 15) is 5.11 Å². The van der Waals surface area contributed by atoms with E-state index in [1.165, 1.54) is 0 Å². The van der Waals surface area contributed by atoms with Gasteiger partial charge in [-0.25, -0.2) is 0 Å². The Balaban J connectivity index is 1.90. The van der Waals surface area contributed by atoms with Crippen molar-refractivity contribution in [2.45, 2.75) is 25.9 Å². The van der Waals surface area contributed by atoms with E-state index in [4.69, 9.17) is 4.74 Å². The van der Waals surface area contributed by atoms with Crippen LogP contribution in [0.3, 0.4) is 0 Å². The van der Waals surface area contributed by atoms with Gasteiger partial charge in [-0.15, -0.1) is 0 Å². The number of hydrogen-bond donors (Lipinski definition) is 1. The van der Waals surface area contributed by atoms with E-state index >= 15 is 0 Å². The summed E-state index contributed by atoms with van der Waals surface area (Å²) in [6.07, 6.45) is 1.07. The monoisotopic (exact) mass is 173 g/mol. The molecule has 1 N–H and O–H groups in total. The van der Waals surface area contributed by atoms with Gasteiger partial charge >= 0.3 is 0 Å². The number of hydrogen-bond acceptors (Lipinski definition) is 3. The number of nitrogens with zero attached hydrogens (tertiary/aromatic N) is 1. The van der Waals surface area contributed by atoms with Crippen molar-refractivity contribution in [2.75, 3.05) is 32.8 Å². The molecule has 1 fully saturated rings. The molecule has 1 aliphatic rings. The molecule has 3 heteroatoms. The molecule has 1 rings (SSSR count). The highest BCUT2D eigenvalue weighted by Gasteiger charge is 2.35. The lowest BCUT2D eigenvalue weighted by atomic mass is 9.97. The summed E-state index contributed by atoms with van der Waals surface area (Å²) in [4.78, 5) is 2.25. The second kappa shape index (κ2) is 4.21. The first-order valence-corrected chi connectivity index (χ1v) is 4.66. The average molecular weight is 173 g/mol. The molecule has 0 spiro atoms. The number of ether oxygens (including phenoxy) is 1. The molecule has 12 heavy (non-hydrogen) atoms. The number of rotatable bonds is 5. The predicted molar refractivity (Wildman–Crippen MR) is 48.2 cm³/mol. The summed E-state index contributed by atoms with van der Waals surface area (Å²) in [6.45, 7) is 8.22. The molecule has 0 unspecified atom stereocenters. The van der Waals surface area contributed by atoms with Crippen LogP contribution in [0.1, 0.15) is 20.3 Å². The Morgan fingerprint density at radius 1 is 1.50 bits per heavy atom. The molecule has 0 aromatic heterocycles. The molecule has 0 aliphatic carbocycles. The zero-order valence-corrected chi connectivity index (χ0v) is 8.05. The van der Waals surface area contributed by atoms with Gasteiger partial charge in [0, 0.05) is 32.8 Å². The van der Waals surface area contributed by atoms with Gasteiger partial charge in [0.25, 0.3) is 0 Å². The van der Waals surface area contributed by atoms with Crippen LogP contribution in [0.5, 0.6) is 0 Å². The van der Waals surface area contributed by atoms with Crippen molar-refractivity contribution in [3.63, 3.8) is 0 Å². The van der Waals surface area contributed by atoms with Crippen molar-refractivity contribution in [1.82, 2.24) is 4.90 Å². The van der Waals surface area contributed by atoms with E-state index in [0.29, 0.717) is 0 Å². The lowest BCUT2D eigenvalue weighted by Crippen LogP contribution is -2.59. The zero-order chi connectivity index (χ0) is 9.03. The van der Waals surface area contributed by atoms with Crippen LogP contribution in [-0.4, -0.2) is 48.5 Å². The average Bonchev–Trinajstić information content (AvgIpc) is 1.94. The van der Waals surface area contributed by atoms with Gasteiger partial charge in [-0.3, -0.25) is 4.90 Å². The summed E-state index contributed by atoms with van der Waals surface area (Å²) >= 11 is 0. The van der Waals surface area contributed by atoms with Gasteiger partial charge in [0.15, 0.2) is 0 Å². The molecule has 1 aliphatic heterocycles. The zero-order valence-electron chi connectivity index (χ0n) is 8.05. The van der Waals surface area contributed by atoms with E-state index in [1.807, 2.05) is 13.8 Å². The molecule has 0 bridgehead atoms. The normalized spacial score (nSPS) is 22.2. The summed E-state index contributed by atoms with van der Waals surface area (Å²) in [5.41, 5.74) is -0.425. The maximum Gasteiger partial charge on any atom is 0.0872 e. The SMILES string of the molecule is CCOCCCN1CC(C)(O)C1. The molecule has 0 saturated carbocycles. The maximum atomic E-state index is 9.41. The van der Waals surface area contributed by atoms with Crippen LogP contribution in [0, 0.1) is 0 Å². The van der Waals surface area contributed by atoms with Crippen molar-refractivity contribution in [3.05, 3.63) is 0 Å². The van der Waals surface area contributed by atoms with Gasteiger partial charge in [0.1, 0.15) is 0 Å². The van der Waals surface area contributed by atoms with E-state index in [0.717, 1.165) is 39.3 Å². The molecule has 72 valence electrons. The van der Waals surface area contributed by atoms with Crippen molar-refractivity contribution in [1.29, 1.82) is 0 Å². The molecule has 0 radical (unpaired) electrons. The Morgan fingerprint density at radius 2 is 2.17 bits per heavy atom. The molecule has 1 saturated heterocycles. The summed E-state index contributed by atoms with van der Waals surface area (Å²) < 4.78 is 5.22. The van der Waals surface area contributed by atoms with Gasteiger partial charge < -0.3 is 9.84 Å². The largest absolute Gasteiger partial charge is 0.388 e. The van der Waals surface area contributed by atoms with E-state index in [2.05, 4.69) is 4.90 Å². The lowest BCUT2D eigenvalue weighted by molar-refractivity contribution is -0.0849. The van der Waals surface area contributed by atoms with E-state index in [1.54, 1.807) is 0 Å². The second-order valence-corrected chi connectivity index (χ2v) is 3.76.